The van der Waals surface area contributed by atoms with Gasteiger partial charge < -0.3 is 23.2 Å². The van der Waals surface area contributed by atoms with Gasteiger partial charge in [-0.3, -0.25) is 9.59 Å². The molecule has 180 valence electrons. The number of esters is 1. The highest BCUT2D eigenvalue weighted by Gasteiger charge is 2.20. The zero-order chi connectivity index (χ0) is 24.8. The summed E-state index contributed by atoms with van der Waals surface area (Å²) < 4.78 is 23.9. The summed E-state index contributed by atoms with van der Waals surface area (Å²) in [5.41, 5.74) is 0.0116. The maximum absolute atomic E-state index is 13.3. The molecule has 0 N–H and O–H groups in total. The van der Waals surface area contributed by atoms with Crippen molar-refractivity contribution in [3.8, 4) is 11.5 Å². The molecule has 6 rings (SSSR count). The Labute approximate surface area is 206 Å². The minimum absolute atomic E-state index is 0.181. The molecule has 0 spiro atoms. The highest BCUT2D eigenvalue weighted by Crippen LogP contribution is 2.35. The zero-order valence-electron chi connectivity index (χ0n) is 19.0. The van der Waals surface area contributed by atoms with Crippen molar-refractivity contribution in [2.45, 2.75) is 6.54 Å². The summed E-state index contributed by atoms with van der Waals surface area (Å²) >= 11 is 1.18. The first-order chi connectivity index (χ1) is 17.5. The van der Waals surface area contributed by atoms with Crippen molar-refractivity contribution >= 4 is 55.2 Å². The van der Waals surface area contributed by atoms with E-state index in [1.54, 1.807) is 22.8 Å². The maximum atomic E-state index is 13.3. The normalized spacial score (nSPS) is 13.4. The third-order valence-corrected chi connectivity index (χ3v) is 6.97. The van der Waals surface area contributed by atoms with Crippen molar-refractivity contribution in [2.75, 3.05) is 20.3 Å². The molecule has 3 aromatic carbocycles. The van der Waals surface area contributed by atoms with Crippen LogP contribution in [0.2, 0.25) is 0 Å². The average Bonchev–Trinajstić information content (AvgIpc) is 3.21. The van der Waals surface area contributed by atoms with Crippen LogP contribution in [0.1, 0.15) is 10.4 Å². The molecule has 0 fully saturated rings. The quantitative estimate of drug-likeness (QED) is 0.210. The number of ether oxygens (including phenoxy) is 3. The van der Waals surface area contributed by atoms with Crippen molar-refractivity contribution in [2.24, 2.45) is 4.99 Å². The number of benzene rings is 3. The number of hydrogen-bond donors (Lipinski definition) is 0. The van der Waals surface area contributed by atoms with Gasteiger partial charge in [0.2, 0.25) is 0 Å². The number of nitrogens with zero attached hydrogens (tertiary/aromatic N) is 2. The highest BCUT2D eigenvalue weighted by molar-refractivity contribution is 7.16. The fourth-order valence-electron chi connectivity index (χ4n) is 4.21. The van der Waals surface area contributed by atoms with E-state index in [0.29, 0.717) is 41.2 Å². The minimum Gasteiger partial charge on any atom is -0.486 e. The molecule has 1 aliphatic heterocycles. The van der Waals surface area contributed by atoms with E-state index in [-0.39, 0.29) is 16.9 Å². The van der Waals surface area contributed by atoms with E-state index in [2.05, 4.69) is 4.99 Å². The van der Waals surface area contributed by atoms with Gasteiger partial charge in [0, 0.05) is 17.5 Å². The SMILES string of the molecule is COC(=O)Cn1c(=NC(=O)c2cc3c(ccc4ccccc43)oc2=O)sc2cc3c(cc21)OCCO3. The second kappa shape index (κ2) is 8.65. The van der Waals surface area contributed by atoms with Crippen molar-refractivity contribution in [1.29, 1.82) is 0 Å². The zero-order valence-corrected chi connectivity index (χ0v) is 19.8. The molecule has 0 saturated carbocycles. The Kier molecular flexibility index (Phi) is 5.30. The third kappa shape index (κ3) is 3.72. The van der Waals surface area contributed by atoms with E-state index in [1.807, 2.05) is 30.3 Å². The summed E-state index contributed by atoms with van der Waals surface area (Å²) in [5.74, 6) is -0.193. The summed E-state index contributed by atoms with van der Waals surface area (Å²) in [7, 11) is 1.28. The highest BCUT2D eigenvalue weighted by atomic mass is 32.1. The van der Waals surface area contributed by atoms with E-state index < -0.39 is 17.5 Å². The first kappa shape index (κ1) is 22.1. The smallest absolute Gasteiger partial charge is 0.349 e. The standard InChI is InChI=1S/C26H18N2O7S/c1-32-23(29)13-28-18-11-20-21(34-9-8-33-20)12-22(18)36-26(28)27-24(30)17-10-16-15-5-3-2-4-14(15)6-7-19(16)35-25(17)31/h2-7,10-12H,8-9,13H2,1H3. The Hall–Kier alpha value is -4.44. The van der Waals surface area contributed by atoms with Gasteiger partial charge in [-0.2, -0.15) is 4.99 Å². The number of carbonyl (C=O) groups is 2. The van der Waals surface area contributed by atoms with Crippen molar-refractivity contribution in [1.82, 2.24) is 4.57 Å². The second-order valence-electron chi connectivity index (χ2n) is 8.07. The van der Waals surface area contributed by atoms with Crippen LogP contribution in [0.3, 0.4) is 0 Å². The van der Waals surface area contributed by atoms with Crippen LogP contribution >= 0.6 is 11.3 Å². The first-order valence-corrected chi connectivity index (χ1v) is 11.9. The van der Waals surface area contributed by atoms with Gasteiger partial charge in [0.25, 0.3) is 5.91 Å². The summed E-state index contributed by atoms with van der Waals surface area (Å²) in [4.78, 5) is 42.6. The third-order valence-electron chi connectivity index (χ3n) is 5.93. The maximum Gasteiger partial charge on any atom is 0.349 e. The Balaban J connectivity index is 1.53. The summed E-state index contributed by atoms with van der Waals surface area (Å²) in [6.07, 6.45) is 0. The number of carbonyl (C=O) groups excluding carboxylic acids is 2. The van der Waals surface area contributed by atoms with Crippen molar-refractivity contribution in [3.63, 3.8) is 0 Å². The number of amides is 1. The molecular formula is C26H18N2O7S. The molecule has 1 amide bonds. The lowest BCUT2D eigenvalue weighted by Gasteiger charge is -2.18. The van der Waals surface area contributed by atoms with E-state index in [9.17, 15) is 14.4 Å². The number of methoxy groups -OCH3 is 1. The van der Waals surface area contributed by atoms with Gasteiger partial charge in [0.1, 0.15) is 30.9 Å². The lowest BCUT2D eigenvalue weighted by molar-refractivity contribution is -0.141. The van der Waals surface area contributed by atoms with Crippen LogP contribution in [0.4, 0.5) is 0 Å². The topological polar surface area (TPSA) is 109 Å². The van der Waals surface area contributed by atoms with E-state index in [0.717, 1.165) is 15.5 Å². The molecule has 9 nitrogen and oxygen atoms in total. The molecule has 5 aromatic rings. The Morgan fingerprint density at radius 2 is 1.81 bits per heavy atom. The Bertz CT molecular complexity index is 1830. The van der Waals surface area contributed by atoms with Gasteiger partial charge in [-0.05, 0) is 22.9 Å². The molecule has 3 heterocycles. The van der Waals surface area contributed by atoms with Crippen LogP contribution in [0.15, 0.2) is 68.8 Å². The second-order valence-corrected chi connectivity index (χ2v) is 9.08. The lowest BCUT2D eigenvalue weighted by Crippen LogP contribution is -2.23. The number of fused-ring (bicyclic) bond motifs is 5. The molecule has 0 atom stereocenters. The molecule has 2 aromatic heterocycles. The van der Waals surface area contributed by atoms with Crippen molar-refractivity contribution < 1.29 is 28.2 Å². The predicted molar refractivity (Wildman–Crippen MR) is 133 cm³/mol. The lowest BCUT2D eigenvalue weighted by atomic mass is 10.0. The molecule has 1 aliphatic rings. The summed E-state index contributed by atoms with van der Waals surface area (Å²) in [6.45, 7) is 0.648. The van der Waals surface area contributed by atoms with Gasteiger partial charge in [0.15, 0.2) is 16.3 Å². The molecule has 0 unspecified atom stereocenters. The number of thiazole rings is 1. The van der Waals surface area contributed by atoms with Crippen LogP contribution in [0.5, 0.6) is 11.5 Å². The van der Waals surface area contributed by atoms with Crippen LogP contribution in [0, 0.1) is 0 Å². The predicted octanol–water partition coefficient (Wildman–Crippen LogP) is 3.65. The van der Waals surface area contributed by atoms with Gasteiger partial charge in [-0.1, -0.05) is 41.7 Å². The van der Waals surface area contributed by atoms with E-state index in [1.165, 1.54) is 24.5 Å². The average molecular weight is 503 g/mol. The monoisotopic (exact) mass is 502 g/mol. The molecule has 0 bridgehead atoms. The molecule has 36 heavy (non-hydrogen) atoms. The van der Waals surface area contributed by atoms with E-state index >= 15 is 0 Å². The van der Waals surface area contributed by atoms with Crippen molar-refractivity contribution in [3.05, 3.63) is 75.4 Å². The van der Waals surface area contributed by atoms with Gasteiger partial charge in [-0.15, -0.1) is 0 Å². The van der Waals surface area contributed by atoms with Crippen LogP contribution < -0.4 is 19.9 Å². The molecule has 10 heteroatoms. The van der Waals surface area contributed by atoms with Crippen LogP contribution in [0.25, 0.3) is 32.0 Å². The fraction of sp³-hybridized carbons (Fsp3) is 0.154. The van der Waals surface area contributed by atoms with Gasteiger partial charge in [-0.25, -0.2) is 4.79 Å². The summed E-state index contributed by atoms with van der Waals surface area (Å²) in [6, 6.07) is 16.2. The molecule has 0 saturated heterocycles. The van der Waals surface area contributed by atoms with Gasteiger partial charge >= 0.3 is 11.6 Å². The number of rotatable bonds is 3. The van der Waals surface area contributed by atoms with Crippen LogP contribution in [-0.4, -0.2) is 36.8 Å². The molecular weight excluding hydrogens is 484 g/mol. The van der Waals surface area contributed by atoms with E-state index in [4.69, 9.17) is 18.6 Å². The molecule has 0 aliphatic carbocycles. The number of hydrogen-bond acceptors (Lipinski definition) is 8. The Morgan fingerprint density at radius 1 is 1.03 bits per heavy atom. The fourth-order valence-corrected chi connectivity index (χ4v) is 5.24. The number of aromatic nitrogens is 1. The van der Waals surface area contributed by atoms with Gasteiger partial charge in [0.05, 0.1) is 17.3 Å². The Morgan fingerprint density at radius 3 is 2.61 bits per heavy atom. The van der Waals surface area contributed by atoms with Crippen LogP contribution in [-0.2, 0) is 16.1 Å². The molecule has 0 radical (unpaired) electrons. The first-order valence-electron chi connectivity index (χ1n) is 11.1. The minimum atomic E-state index is -0.788. The largest absolute Gasteiger partial charge is 0.486 e. The summed E-state index contributed by atoms with van der Waals surface area (Å²) in [5, 5.41) is 2.43.